The smallest absolute Gasteiger partial charge is 0.327 e. The molecule has 0 bridgehead atoms. The number of imide groups is 1. The Bertz CT molecular complexity index is 573. The molecule has 21 heavy (non-hydrogen) atoms. The van der Waals surface area contributed by atoms with Gasteiger partial charge in [0.25, 0.3) is 5.91 Å². The number of hydrogen-bond acceptors (Lipinski definition) is 4. The van der Waals surface area contributed by atoms with Gasteiger partial charge < -0.3 is 15.0 Å². The van der Waals surface area contributed by atoms with E-state index in [-0.39, 0.29) is 24.9 Å². The van der Waals surface area contributed by atoms with E-state index >= 15 is 0 Å². The van der Waals surface area contributed by atoms with Gasteiger partial charge in [-0.25, -0.2) is 4.79 Å². The van der Waals surface area contributed by atoms with E-state index in [0.29, 0.717) is 12.3 Å². The molecule has 1 aromatic rings. The highest BCUT2D eigenvalue weighted by molar-refractivity contribution is 6.04. The average Bonchev–Trinajstić information content (AvgIpc) is 2.72. The number of carbonyl (C=O) groups excluding carboxylic acids is 3. The van der Waals surface area contributed by atoms with Crippen molar-refractivity contribution in [2.24, 2.45) is 0 Å². The van der Waals surface area contributed by atoms with Gasteiger partial charge in [-0.3, -0.25) is 14.5 Å². The Morgan fingerprint density at radius 2 is 2.14 bits per heavy atom. The van der Waals surface area contributed by atoms with Crippen molar-refractivity contribution in [3.63, 3.8) is 0 Å². The third-order valence-corrected chi connectivity index (χ3v) is 3.16. The minimum Gasteiger partial charge on any atom is -0.497 e. The minimum atomic E-state index is -0.448. The zero-order valence-corrected chi connectivity index (χ0v) is 12.0. The van der Waals surface area contributed by atoms with Crippen LogP contribution in [0, 0.1) is 0 Å². The molecule has 1 aromatic carbocycles. The average molecular weight is 291 g/mol. The van der Waals surface area contributed by atoms with Crippen LogP contribution in [-0.4, -0.2) is 54.9 Å². The van der Waals surface area contributed by atoms with E-state index in [9.17, 15) is 14.4 Å². The molecule has 4 amide bonds. The Morgan fingerprint density at radius 1 is 1.38 bits per heavy atom. The minimum absolute atomic E-state index is 0.0159. The number of ether oxygens (including phenoxy) is 1. The lowest BCUT2D eigenvalue weighted by Crippen LogP contribution is -2.40. The first kappa shape index (κ1) is 14.8. The zero-order chi connectivity index (χ0) is 15.4. The van der Waals surface area contributed by atoms with Crippen molar-refractivity contribution in [2.75, 3.05) is 27.2 Å². The Labute approximate surface area is 122 Å². The SMILES string of the molecule is COc1cccc(CNC(=O)CN2C(=O)CN(C)C2=O)c1. The molecule has 1 aliphatic rings. The highest BCUT2D eigenvalue weighted by atomic mass is 16.5. The molecule has 2 rings (SSSR count). The Kier molecular flexibility index (Phi) is 4.42. The monoisotopic (exact) mass is 291 g/mol. The fraction of sp³-hybridized carbons (Fsp3) is 0.357. The first-order valence-electron chi connectivity index (χ1n) is 6.46. The van der Waals surface area contributed by atoms with Crippen LogP contribution in [0.15, 0.2) is 24.3 Å². The van der Waals surface area contributed by atoms with Crippen LogP contribution >= 0.6 is 0 Å². The van der Waals surface area contributed by atoms with Crippen LogP contribution < -0.4 is 10.1 Å². The van der Waals surface area contributed by atoms with Gasteiger partial charge in [0.15, 0.2) is 0 Å². The summed E-state index contributed by atoms with van der Waals surface area (Å²) in [6.45, 7) is 0.0655. The molecule has 0 unspecified atom stereocenters. The van der Waals surface area contributed by atoms with Gasteiger partial charge in [-0.15, -0.1) is 0 Å². The van der Waals surface area contributed by atoms with Crippen LogP contribution in [0.5, 0.6) is 5.75 Å². The van der Waals surface area contributed by atoms with Gasteiger partial charge in [-0.05, 0) is 17.7 Å². The number of carbonyl (C=O) groups is 3. The summed E-state index contributed by atoms with van der Waals surface area (Å²) in [5.74, 6) is -0.0397. The molecule has 7 nitrogen and oxygen atoms in total. The zero-order valence-electron chi connectivity index (χ0n) is 12.0. The van der Waals surface area contributed by atoms with Crippen molar-refractivity contribution in [3.05, 3.63) is 29.8 Å². The normalized spacial score (nSPS) is 14.6. The van der Waals surface area contributed by atoms with Gasteiger partial charge in [0, 0.05) is 13.6 Å². The number of rotatable bonds is 5. The summed E-state index contributed by atoms with van der Waals surface area (Å²) < 4.78 is 5.09. The highest BCUT2D eigenvalue weighted by Crippen LogP contribution is 2.12. The van der Waals surface area contributed by atoms with Crippen LogP contribution in [0.2, 0.25) is 0 Å². The van der Waals surface area contributed by atoms with Crippen molar-refractivity contribution < 1.29 is 19.1 Å². The molecule has 0 spiro atoms. The lowest BCUT2D eigenvalue weighted by molar-refractivity contribution is -0.130. The molecule has 1 heterocycles. The number of benzene rings is 1. The second-order valence-electron chi connectivity index (χ2n) is 4.75. The fourth-order valence-corrected chi connectivity index (χ4v) is 2.01. The Balaban J connectivity index is 1.87. The first-order valence-corrected chi connectivity index (χ1v) is 6.46. The van der Waals surface area contributed by atoms with Gasteiger partial charge in [-0.2, -0.15) is 0 Å². The van der Waals surface area contributed by atoms with Crippen molar-refractivity contribution in [1.82, 2.24) is 15.1 Å². The van der Waals surface area contributed by atoms with E-state index in [2.05, 4.69) is 5.32 Å². The second kappa shape index (κ2) is 6.25. The molecule has 7 heteroatoms. The quantitative estimate of drug-likeness (QED) is 0.786. The van der Waals surface area contributed by atoms with Gasteiger partial charge in [-0.1, -0.05) is 12.1 Å². The third kappa shape index (κ3) is 3.50. The summed E-state index contributed by atoms with van der Waals surface area (Å²) in [5.41, 5.74) is 0.874. The molecule has 0 atom stereocenters. The molecule has 0 saturated carbocycles. The van der Waals surface area contributed by atoms with Crippen molar-refractivity contribution in [1.29, 1.82) is 0 Å². The Hall–Kier alpha value is -2.57. The molecule has 1 fully saturated rings. The third-order valence-electron chi connectivity index (χ3n) is 3.16. The van der Waals surface area contributed by atoms with E-state index < -0.39 is 6.03 Å². The molecule has 1 N–H and O–H groups in total. The second-order valence-corrected chi connectivity index (χ2v) is 4.75. The van der Waals surface area contributed by atoms with Crippen LogP contribution in [-0.2, 0) is 16.1 Å². The van der Waals surface area contributed by atoms with Gasteiger partial charge >= 0.3 is 6.03 Å². The van der Waals surface area contributed by atoms with Gasteiger partial charge in [0.05, 0.1) is 7.11 Å². The molecule has 1 aliphatic heterocycles. The molecule has 0 aromatic heterocycles. The first-order chi connectivity index (χ1) is 10.0. The number of urea groups is 1. The lowest BCUT2D eigenvalue weighted by Gasteiger charge is -2.14. The van der Waals surface area contributed by atoms with Crippen molar-refractivity contribution >= 4 is 17.8 Å². The number of nitrogens with one attached hydrogen (secondary N) is 1. The van der Waals surface area contributed by atoms with Gasteiger partial charge in [0.2, 0.25) is 5.91 Å². The topological polar surface area (TPSA) is 79.0 Å². The molecule has 0 aliphatic carbocycles. The number of nitrogens with zero attached hydrogens (tertiary/aromatic N) is 2. The van der Waals surface area contributed by atoms with Crippen molar-refractivity contribution in [2.45, 2.75) is 6.54 Å². The molecule has 1 saturated heterocycles. The van der Waals surface area contributed by atoms with Crippen LogP contribution in [0.3, 0.4) is 0 Å². The molecule has 0 radical (unpaired) electrons. The summed E-state index contributed by atoms with van der Waals surface area (Å²) >= 11 is 0. The standard InChI is InChI=1S/C14H17N3O4/c1-16-9-13(19)17(14(16)20)8-12(18)15-7-10-4-3-5-11(6-10)21-2/h3-6H,7-9H2,1-2H3,(H,15,18). The summed E-state index contributed by atoms with van der Waals surface area (Å²) in [5, 5.41) is 2.67. The summed E-state index contributed by atoms with van der Waals surface area (Å²) in [7, 11) is 3.09. The number of hydrogen-bond donors (Lipinski definition) is 1. The maximum absolute atomic E-state index is 11.8. The predicted molar refractivity (Wildman–Crippen MR) is 74.6 cm³/mol. The number of likely N-dealkylation sites (N-methyl/N-ethyl adjacent to an activating group) is 1. The number of amides is 4. The van der Waals surface area contributed by atoms with Crippen molar-refractivity contribution in [3.8, 4) is 5.75 Å². The predicted octanol–water partition coefficient (Wildman–Crippen LogP) is 0.205. The van der Waals surface area contributed by atoms with E-state index in [1.807, 2.05) is 18.2 Å². The fourth-order valence-electron chi connectivity index (χ4n) is 2.01. The van der Waals surface area contributed by atoms with E-state index in [1.165, 1.54) is 11.9 Å². The van der Waals surface area contributed by atoms with E-state index in [1.54, 1.807) is 13.2 Å². The summed E-state index contributed by atoms with van der Waals surface area (Å²) in [4.78, 5) is 37.2. The molecular weight excluding hydrogens is 274 g/mol. The maximum Gasteiger partial charge on any atom is 0.327 e. The Morgan fingerprint density at radius 3 is 2.76 bits per heavy atom. The lowest BCUT2D eigenvalue weighted by atomic mass is 10.2. The van der Waals surface area contributed by atoms with E-state index in [0.717, 1.165) is 10.5 Å². The number of methoxy groups -OCH3 is 1. The molecular formula is C14H17N3O4. The molecule has 112 valence electrons. The highest BCUT2D eigenvalue weighted by Gasteiger charge is 2.34. The maximum atomic E-state index is 11.8. The van der Waals surface area contributed by atoms with Crippen LogP contribution in [0.4, 0.5) is 4.79 Å². The van der Waals surface area contributed by atoms with E-state index in [4.69, 9.17) is 4.74 Å². The summed E-state index contributed by atoms with van der Waals surface area (Å²) in [6, 6.07) is 6.84. The largest absolute Gasteiger partial charge is 0.497 e. The van der Waals surface area contributed by atoms with Crippen LogP contribution in [0.25, 0.3) is 0 Å². The summed E-state index contributed by atoms with van der Waals surface area (Å²) in [6.07, 6.45) is 0. The van der Waals surface area contributed by atoms with Crippen LogP contribution in [0.1, 0.15) is 5.56 Å². The van der Waals surface area contributed by atoms with Gasteiger partial charge in [0.1, 0.15) is 18.8 Å².